The van der Waals surface area contributed by atoms with Gasteiger partial charge in [0.15, 0.2) is 0 Å². The molecule has 0 heterocycles. The van der Waals surface area contributed by atoms with Gasteiger partial charge in [0.25, 0.3) is 0 Å². The van der Waals surface area contributed by atoms with Crippen LogP contribution < -0.4 is 0 Å². The molecule has 0 fully saturated rings. The van der Waals surface area contributed by atoms with Crippen LogP contribution >= 0.6 is 53.2 Å². The summed E-state index contributed by atoms with van der Waals surface area (Å²) in [5, 5.41) is 0. The van der Waals surface area contributed by atoms with Crippen LogP contribution in [0, 0.1) is 0 Å². The summed E-state index contributed by atoms with van der Waals surface area (Å²) < 4.78 is 83.0. The first-order valence-corrected chi connectivity index (χ1v) is 20.2. The number of hydrogen-bond donors (Lipinski definition) is 14. The summed E-state index contributed by atoms with van der Waals surface area (Å²) in [5.41, 5.74) is -18.5. The van der Waals surface area contributed by atoms with Gasteiger partial charge in [0.2, 0.25) is 0 Å². The molecule has 4 atom stereocenters. The Hall–Kier alpha value is 1.11. The summed E-state index contributed by atoms with van der Waals surface area (Å²) in [5.74, 6) is 0. The molecule has 0 aliphatic rings. The van der Waals surface area contributed by atoms with Gasteiger partial charge in [-0.05, 0) is 0 Å². The van der Waals surface area contributed by atoms with Crippen molar-refractivity contribution in [3.8, 4) is 0 Å². The molecule has 0 aromatic carbocycles. The van der Waals surface area contributed by atoms with Crippen molar-refractivity contribution in [1.82, 2.24) is 0 Å². The summed E-state index contributed by atoms with van der Waals surface area (Å²) in [4.78, 5) is 132. The van der Waals surface area contributed by atoms with Gasteiger partial charge in [0.05, 0.1) is 40.6 Å². The van der Waals surface area contributed by atoms with E-state index in [1.807, 2.05) is 0 Å². The van der Waals surface area contributed by atoms with Crippen molar-refractivity contribution >= 4 is 61.6 Å². The van der Waals surface area contributed by atoms with E-state index >= 15 is 0 Å². The predicted molar refractivity (Wildman–Crippen MR) is 119 cm³/mol. The van der Waals surface area contributed by atoms with Crippen LogP contribution in [0.15, 0.2) is 0 Å². The molecule has 36 heavy (non-hydrogen) atoms. The second kappa shape index (κ2) is 12.3. The topological polar surface area (TPSA) is 403 Å². The lowest BCUT2D eigenvalue weighted by atomic mass is 10.1. The van der Waals surface area contributed by atoms with Crippen molar-refractivity contribution in [1.29, 1.82) is 0 Å². The molecule has 4 unspecified atom stereocenters. The number of rotatable bonds is 13. The minimum Gasteiger partial charge on any atom is -0.324 e. The van der Waals surface area contributed by atoms with Crippen molar-refractivity contribution < 1.29 is 100 Å². The lowest BCUT2D eigenvalue weighted by Crippen LogP contribution is -2.50. The van der Waals surface area contributed by atoms with Gasteiger partial charge < -0.3 is 68.5 Å². The average Bonchev–Trinajstić information content (AvgIpc) is 2.44. The quantitative estimate of drug-likeness (QED) is 0.0673. The molecule has 21 nitrogen and oxygen atoms in total. The van der Waals surface area contributed by atoms with Crippen LogP contribution in [-0.4, -0.2) is 118 Å². The Morgan fingerprint density at radius 2 is 0.556 bits per heavy atom. The zero-order valence-electron chi connectivity index (χ0n) is 17.1. The lowest BCUT2D eigenvalue weighted by molar-refractivity contribution is 0.286. The van der Waals surface area contributed by atoms with E-state index < -0.39 is 93.8 Å². The van der Waals surface area contributed by atoms with E-state index in [2.05, 4.69) is 0 Å². The molecule has 0 saturated carbocycles. The molecule has 14 N–H and O–H groups in total. The van der Waals surface area contributed by atoms with Crippen molar-refractivity contribution in [2.24, 2.45) is 0 Å². The second-order valence-electron chi connectivity index (χ2n) is 7.25. The van der Waals surface area contributed by atoms with Crippen LogP contribution in [0.25, 0.3) is 0 Å². The molecule has 0 spiro atoms. The molecule has 0 aromatic rings. The van der Waals surface area contributed by atoms with Crippen molar-refractivity contribution in [2.75, 3.05) is 12.3 Å². The lowest BCUT2D eigenvalue weighted by Gasteiger charge is -2.41. The highest BCUT2D eigenvalue weighted by Gasteiger charge is 2.64. The second-order valence-corrected chi connectivity index (χ2v) is 19.6. The fourth-order valence-corrected chi connectivity index (χ4v) is 17.2. The largest absolute Gasteiger partial charge is 0.330 e. The first kappa shape index (κ1) is 39.3. The van der Waals surface area contributed by atoms with E-state index in [1.165, 1.54) is 0 Å². The van der Waals surface area contributed by atoms with E-state index in [9.17, 15) is 80.9 Å². The Bertz CT molecular complexity index is 1020. The van der Waals surface area contributed by atoms with Gasteiger partial charge >= 0.3 is 53.2 Å². The molecular formula is C7H23BO21P7. The minimum atomic E-state index is -6.64. The van der Waals surface area contributed by atoms with E-state index in [4.69, 9.17) is 19.6 Å². The first-order chi connectivity index (χ1) is 14.8. The highest BCUT2D eigenvalue weighted by Crippen LogP contribution is 2.70. The molecule has 0 rings (SSSR count). The van der Waals surface area contributed by atoms with Crippen LogP contribution in [0.1, 0.15) is 0 Å². The van der Waals surface area contributed by atoms with E-state index in [0.29, 0.717) is 0 Å². The summed E-state index contributed by atoms with van der Waals surface area (Å²) in [6, 6.07) is 0. The molecule has 0 saturated heterocycles. The Morgan fingerprint density at radius 1 is 0.361 bits per heavy atom. The van der Waals surface area contributed by atoms with Crippen molar-refractivity contribution in [2.45, 2.75) is 28.3 Å². The van der Waals surface area contributed by atoms with Gasteiger partial charge in [-0.3, -0.25) is 32.0 Å². The zero-order valence-corrected chi connectivity index (χ0v) is 23.4. The fraction of sp³-hybridized carbons (Fsp3) is 1.00. The van der Waals surface area contributed by atoms with Crippen LogP contribution in [0.5, 0.6) is 0 Å². The van der Waals surface area contributed by atoms with Crippen LogP contribution in [0.2, 0.25) is 0 Å². The molecule has 0 aliphatic carbocycles. The fourth-order valence-electron chi connectivity index (χ4n) is 3.22. The van der Waals surface area contributed by atoms with Gasteiger partial charge in [0.1, 0.15) is 0 Å². The third-order valence-corrected chi connectivity index (χ3v) is 14.7. The molecule has 0 aliphatic heterocycles. The number of hydrogen-bond acceptors (Lipinski definition) is 7. The maximum absolute atomic E-state index is 12.2. The van der Waals surface area contributed by atoms with Gasteiger partial charge in [-0.2, -0.15) is 0 Å². The Balaban J connectivity index is 0. The van der Waals surface area contributed by atoms with E-state index in [0.717, 1.165) is 0 Å². The molecule has 29 heteroatoms. The highest BCUT2D eigenvalue weighted by molar-refractivity contribution is 7.63. The van der Waals surface area contributed by atoms with Gasteiger partial charge in [-0.1, -0.05) is 0 Å². The molecule has 0 bridgehead atoms. The van der Waals surface area contributed by atoms with Crippen molar-refractivity contribution in [3.05, 3.63) is 0 Å². The molecule has 3 radical (unpaired) electrons. The Kier molecular flexibility index (Phi) is 13.4. The molecular weight excluding hydrogens is 648 g/mol. The SMILES string of the molecule is O=P(O)(O)CC(C(C(C(C(CP(=O)(O)O)P(=O)(O)O)P(=O)(O)O)P(=O)(O)O)P(=O)(O)O)P(=O)(O)O.[B]. The third kappa shape index (κ3) is 12.5. The normalized spacial score (nSPS) is 19.1. The summed E-state index contributed by atoms with van der Waals surface area (Å²) in [6.45, 7) is 0. The summed E-state index contributed by atoms with van der Waals surface area (Å²) in [7, 11) is -43.8. The van der Waals surface area contributed by atoms with Crippen LogP contribution in [0.3, 0.4) is 0 Å². The van der Waals surface area contributed by atoms with Crippen molar-refractivity contribution in [3.63, 3.8) is 0 Å². The van der Waals surface area contributed by atoms with Crippen LogP contribution in [-0.2, 0) is 32.0 Å². The van der Waals surface area contributed by atoms with Gasteiger partial charge in [-0.15, -0.1) is 0 Å². The molecule has 0 amide bonds. The Morgan fingerprint density at radius 3 is 0.667 bits per heavy atom. The average molecular weight is 671 g/mol. The van der Waals surface area contributed by atoms with Gasteiger partial charge in [-0.25, -0.2) is 0 Å². The smallest absolute Gasteiger partial charge is 0.324 e. The van der Waals surface area contributed by atoms with Gasteiger partial charge in [0, 0.05) is 8.41 Å². The van der Waals surface area contributed by atoms with E-state index in [1.54, 1.807) is 0 Å². The van der Waals surface area contributed by atoms with Crippen LogP contribution in [0.4, 0.5) is 0 Å². The molecule has 215 valence electrons. The summed E-state index contributed by atoms with van der Waals surface area (Å²) in [6.07, 6.45) is -4.51. The minimum absolute atomic E-state index is 0. The monoisotopic (exact) mass is 671 g/mol. The standard InChI is InChI=1S/C7H23O21P7.B/c8-29(9,10)1-3(31(14,15)16)5(33(20,21)22)7(35(26,27)28)6(34(23,24)25)4(32(17,18)19)2-30(11,12)13;/h3-7H,1-2H2,(H2,8,9,10)(H2,11,12,13)(H2,14,15,16)(H2,17,18,19)(H2,20,21,22)(H2,23,24,25)(H2,26,27,28);. The predicted octanol–water partition coefficient (Wildman–Crippen LogP) is -3.31. The Labute approximate surface area is 203 Å². The maximum atomic E-state index is 12.2. The maximum Gasteiger partial charge on any atom is 0.330 e. The first-order valence-electron chi connectivity index (χ1n) is 8.15. The third-order valence-electron chi connectivity index (χ3n) is 4.37. The highest BCUT2D eigenvalue weighted by atomic mass is 31.2. The summed E-state index contributed by atoms with van der Waals surface area (Å²) >= 11 is 0. The van der Waals surface area contributed by atoms with E-state index in [-0.39, 0.29) is 8.41 Å². The zero-order chi connectivity index (χ0) is 28.8. The molecule has 0 aromatic heterocycles.